The Labute approximate surface area is 175 Å². The molecule has 3 atom stereocenters. The molecule has 3 aliphatic rings. The number of fused-ring (bicyclic) bond motifs is 2. The van der Waals surface area contributed by atoms with Crippen molar-refractivity contribution in [2.75, 3.05) is 26.3 Å². The summed E-state index contributed by atoms with van der Waals surface area (Å²) in [6.45, 7) is 4.18. The summed E-state index contributed by atoms with van der Waals surface area (Å²) in [5.41, 5.74) is -0.393. The van der Waals surface area contributed by atoms with Crippen LogP contribution < -0.4 is 10.6 Å². The van der Waals surface area contributed by atoms with Crippen LogP contribution in [0.5, 0.6) is 0 Å². The average molecular weight is 425 g/mol. The highest BCUT2D eigenvalue weighted by atomic mass is 19.4. The van der Waals surface area contributed by atoms with Crippen LogP contribution in [-0.2, 0) is 21.1 Å². The summed E-state index contributed by atoms with van der Waals surface area (Å²) in [6.07, 6.45) is 0.651. The molecule has 3 saturated heterocycles. The zero-order chi connectivity index (χ0) is 21.2. The summed E-state index contributed by atoms with van der Waals surface area (Å²) in [5.74, 6) is 0.705. The van der Waals surface area contributed by atoms with E-state index in [1.807, 2.05) is 6.92 Å². The Balaban J connectivity index is 1.55. The Hall–Kier alpha value is -1.80. The van der Waals surface area contributed by atoms with E-state index in [-0.39, 0.29) is 12.1 Å². The molecule has 3 unspecified atom stereocenters. The van der Waals surface area contributed by atoms with Crippen LogP contribution in [0.2, 0.25) is 0 Å². The molecule has 2 N–H and O–H groups in total. The first-order valence-electron chi connectivity index (χ1n) is 10.9. The Morgan fingerprint density at radius 3 is 2.67 bits per heavy atom. The minimum atomic E-state index is -4.36. The van der Waals surface area contributed by atoms with E-state index in [9.17, 15) is 13.2 Å². The van der Waals surface area contributed by atoms with Crippen molar-refractivity contribution in [2.24, 2.45) is 4.99 Å². The van der Waals surface area contributed by atoms with Crippen molar-refractivity contribution in [1.82, 2.24) is 10.6 Å². The molecule has 3 fully saturated rings. The van der Waals surface area contributed by atoms with E-state index in [1.54, 1.807) is 6.07 Å². The lowest BCUT2D eigenvalue weighted by Crippen LogP contribution is -2.48. The Morgan fingerprint density at radius 1 is 1.23 bits per heavy atom. The second-order valence-electron chi connectivity index (χ2n) is 8.53. The van der Waals surface area contributed by atoms with Gasteiger partial charge >= 0.3 is 6.18 Å². The zero-order valence-electron chi connectivity index (χ0n) is 17.3. The molecule has 3 aliphatic heterocycles. The summed E-state index contributed by atoms with van der Waals surface area (Å²) in [5, 5.41) is 6.78. The molecule has 5 nitrogen and oxygen atoms in total. The lowest BCUT2D eigenvalue weighted by molar-refractivity contribution is -0.137. The molecule has 1 aromatic rings. The van der Waals surface area contributed by atoms with Gasteiger partial charge in [0.15, 0.2) is 5.96 Å². The quantitative estimate of drug-likeness (QED) is 0.559. The second kappa shape index (κ2) is 8.75. The molecule has 0 radical (unpaired) electrons. The Bertz CT molecular complexity index is 762. The number of nitrogens with one attached hydrogen (secondary N) is 2. The largest absolute Gasteiger partial charge is 0.416 e. The van der Waals surface area contributed by atoms with Gasteiger partial charge < -0.3 is 20.1 Å². The maximum atomic E-state index is 13.3. The SMILES string of the molecule is CCNC(=NCC1(c2cccc(C(F)(F)F)c2)CCOCC1)NC1CC2CCC1O2. The third-order valence-corrected chi connectivity index (χ3v) is 6.56. The lowest BCUT2D eigenvalue weighted by atomic mass is 9.74. The number of aliphatic imine (C=N–C) groups is 1. The fourth-order valence-electron chi connectivity index (χ4n) is 4.84. The molecule has 166 valence electrons. The first-order valence-corrected chi connectivity index (χ1v) is 10.9. The molecule has 8 heteroatoms. The zero-order valence-corrected chi connectivity index (χ0v) is 17.3. The minimum absolute atomic E-state index is 0.222. The average Bonchev–Trinajstić information content (AvgIpc) is 3.36. The van der Waals surface area contributed by atoms with Crippen molar-refractivity contribution in [3.05, 3.63) is 35.4 Å². The second-order valence-corrected chi connectivity index (χ2v) is 8.53. The van der Waals surface area contributed by atoms with Crippen LogP contribution in [0.1, 0.15) is 50.2 Å². The van der Waals surface area contributed by atoms with Crippen LogP contribution in [0.15, 0.2) is 29.3 Å². The van der Waals surface area contributed by atoms with E-state index < -0.39 is 17.2 Å². The molecule has 4 rings (SSSR count). The van der Waals surface area contributed by atoms with Crippen LogP contribution in [0.3, 0.4) is 0 Å². The molecule has 30 heavy (non-hydrogen) atoms. The fraction of sp³-hybridized carbons (Fsp3) is 0.682. The Morgan fingerprint density at radius 2 is 2.03 bits per heavy atom. The van der Waals surface area contributed by atoms with Crippen LogP contribution in [0.25, 0.3) is 0 Å². The van der Waals surface area contributed by atoms with E-state index >= 15 is 0 Å². The number of nitrogens with zero attached hydrogens (tertiary/aromatic N) is 1. The van der Waals surface area contributed by atoms with E-state index in [2.05, 4.69) is 10.6 Å². The number of halogens is 3. The maximum absolute atomic E-state index is 13.3. The van der Waals surface area contributed by atoms with Gasteiger partial charge in [-0.1, -0.05) is 18.2 Å². The van der Waals surface area contributed by atoms with Crippen molar-refractivity contribution in [3.8, 4) is 0 Å². The molecule has 1 aromatic carbocycles. The van der Waals surface area contributed by atoms with Gasteiger partial charge in [0.2, 0.25) is 0 Å². The number of benzene rings is 1. The summed E-state index contributed by atoms with van der Waals surface area (Å²) in [6, 6.07) is 5.93. The van der Waals surface area contributed by atoms with Crippen molar-refractivity contribution < 1.29 is 22.6 Å². The van der Waals surface area contributed by atoms with Crippen LogP contribution >= 0.6 is 0 Å². The monoisotopic (exact) mass is 425 g/mol. The van der Waals surface area contributed by atoms with Gasteiger partial charge in [-0.25, -0.2) is 0 Å². The Kier molecular flexibility index (Phi) is 6.25. The molecule has 2 bridgehead atoms. The van der Waals surface area contributed by atoms with Crippen molar-refractivity contribution >= 4 is 5.96 Å². The van der Waals surface area contributed by atoms with Gasteiger partial charge in [-0.3, -0.25) is 4.99 Å². The van der Waals surface area contributed by atoms with Crippen molar-refractivity contribution in [1.29, 1.82) is 0 Å². The molecule has 0 aliphatic carbocycles. The van der Waals surface area contributed by atoms with Gasteiger partial charge in [0.05, 0.1) is 30.4 Å². The number of alkyl halides is 3. The topological polar surface area (TPSA) is 54.9 Å². The summed E-state index contributed by atoms with van der Waals surface area (Å²) in [4.78, 5) is 4.83. The molecular weight excluding hydrogens is 395 g/mol. The van der Waals surface area contributed by atoms with Crippen molar-refractivity contribution in [2.45, 2.75) is 68.9 Å². The third-order valence-electron chi connectivity index (χ3n) is 6.56. The first kappa shape index (κ1) is 21.4. The summed E-state index contributed by atoms with van der Waals surface area (Å²) < 4.78 is 51.3. The van der Waals surface area contributed by atoms with Gasteiger partial charge in [-0.05, 0) is 50.7 Å². The standard InChI is InChI=1S/C22H30F3N3O2/c1-2-26-20(28-18-13-17-6-7-19(18)30-17)27-14-21(8-10-29-11-9-21)15-4-3-5-16(12-15)22(23,24)25/h3-5,12,17-19H,2,6-11,13-14H2,1H3,(H2,26,27,28). The maximum Gasteiger partial charge on any atom is 0.416 e. The van der Waals surface area contributed by atoms with E-state index in [0.717, 1.165) is 25.3 Å². The van der Waals surface area contributed by atoms with Gasteiger partial charge in [0, 0.05) is 25.2 Å². The molecular formula is C22H30F3N3O2. The fourth-order valence-corrected chi connectivity index (χ4v) is 4.84. The van der Waals surface area contributed by atoms with E-state index in [1.165, 1.54) is 12.1 Å². The summed E-state index contributed by atoms with van der Waals surface area (Å²) in [7, 11) is 0. The smallest absolute Gasteiger partial charge is 0.381 e. The molecule has 0 spiro atoms. The van der Waals surface area contributed by atoms with Crippen molar-refractivity contribution in [3.63, 3.8) is 0 Å². The van der Waals surface area contributed by atoms with Crippen LogP contribution in [0.4, 0.5) is 13.2 Å². The number of hydrogen-bond donors (Lipinski definition) is 2. The predicted octanol–water partition coefficient (Wildman–Crippen LogP) is 3.63. The third kappa shape index (κ3) is 4.59. The lowest BCUT2D eigenvalue weighted by Gasteiger charge is -2.37. The minimum Gasteiger partial charge on any atom is -0.381 e. The number of rotatable bonds is 5. The molecule has 0 saturated carbocycles. The normalized spacial score (nSPS) is 28.5. The number of guanidine groups is 1. The van der Waals surface area contributed by atoms with Crippen LogP contribution in [0, 0.1) is 0 Å². The van der Waals surface area contributed by atoms with E-state index in [0.29, 0.717) is 56.8 Å². The van der Waals surface area contributed by atoms with Gasteiger partial charge in [0.25, 0.3) is 0 Å². The number of ether oxygens (including phenoxy) is 2. The summed E-state index contributed by atoms with van der Waals surface area (Å²) >= 11 is 0. The molecule has 0 amide bonds. The molecule has 3 heterocycles. The highest BCUT2D eigenvalue weighted by Crippen LogP contribution is 2.39. The highest BCUT2D eigenvalue weighted by molar-refractivity contribution is 5.80. The first-order chi connectivity index (χ1) is 14.4. The van der Waals surface area contributed by atoms with Gasteiger partial charge in [-0.2, -0.15) is 13.2 Å². The van der Waals surface area contributed by atoms with E-state index in [4.69, 9.17) is 14.5 Å². The van der Waals surface area contributed by atoms with Gasteiger partial charge in [0.1, 0.15) is 0 Å². The number of hydrogen-bond acceptors (Lipinski definition) is 3. The molecule has 0 aromatic heterocycles. The highest BCUT2D eigenvalue weighted by Gasteiger charge is 2.41. The predicted molar refractivity (Wildman–Crippen MR) is 109 cm³/mol. The van der Waals surface area contributed by atoms with Crippen LogP contribution in [-0.4, -0.2) is 50.5 Å². The van der Waals surface area contributed by atoms with Gasteiger partial charge in [-0.15, -0.1) is 0 Å².